The van der Waals surface area contributed by atoms with Gasteiger partial charge in [-0.15, -0.1) is 0 Å². The summed E-state index contributed by atoms with van der Waals surface area (Å²) in [6.07, 6.45) is 4.35. The van der Waals surface area contributed by atoms with Crippen molar-refractivity contribution in [3.05, 3.63) is 54.1 Å². The van der Waals surface area contributed by atoms with Gasteiger partial charge in [-0.3, -0.25) is 9.78 Å². The van der Waals surface area contributed by atoms with E-state index in [1.165, 1.54) is 0 Å². The third kappa shape index (κ3) is 6.04. The number of rotatable bonds is 8. The maximum Gasteiger partial charge on any atom is 0.269 e. The lowest BCUT2D eigenvalue weighted by molar-refractivity contribution is 0.0947. The molecule has 0 aliphatic rings. The van der Waals surface area contributed by atoms with E-state index in [1.807, 2.05) is 38.4 Å². The fourth-order valence-corrected chi connectivity index (χ4v) is 2.02. The molecule has 0 saturated carbocycles. The normalized spacial score (nSPS) is 10.6. The molecule has 0 bridgehead atoms. The number of amides is 1. The summed E-state index contributed by atoms with van der Waals surface area (Å²) in [5, 5.41) is 6.10. The molecule has 2 heterocycles. The minimum absolute atomic E-state index is 0.139. The number of pyridine rings is 2. The molecule has 6 nitrogen and oxygen atoms in total. The van der Waals surface area contributed by atoms with Crippen molar-refractivity contribution in [2.75, 3.05) is 32.5 Å². The van der Waals surface area contributed by atoms with Crippen molar-refractivity contribution in [2.24, 2.45) is 0 Å². The van der Waals surface area contributed by atoms with Crippen molar-refractivity contribution in [3.8, 4) is 0 Å². The second-order valence-corrected chi connectivity index (χ2v) is 5.52. The first-order valence-corrected chi connectivity index (χ1v) is 7.68. The topological polar surface area (TPSA) is 70.2 Å². The molecule has 2 rings (SSSR count). The van der Waals surface area contributed by atoms with E-state index in [0.717, 1.165) is 24.3 Å². The van der Waals surface area contributed by atoms with E-state index in [-0.39, 0.29) is 5.91 Å². The smallest absolute Gasteiger partial charge is 0.269 e. The number of nitrogens with zero attached hydrogens (tertiary/aromatic N) is 3. The first kappa shape index (κ1) is 16.9. The van der Waals surface area contributed by atoms with Gasteiger partial charge in [0, 0.05) is 12.7 Å². The van der Waals surface area contributed by atoms with Crippen molar-refractivity contribution in [3.63, 3.8) is 0 Å². The summed E-state index contributed by atoms with van der Waals surface area (Å²) in [5.41, 5.74) is 2.24. The van der Waals surface area contributed by atoms with E-state index in [9.17, 15) is 4.79 Å². The molecule has 1 amide bonds. The van der Waals surface area contributed by atoms with E-state index in [1.54, 1.807) is 18.5 Å². The van der Waals surface area contributed by atoms with Gasteiger partial charge in [-0.05, 0) is 51.3 Å². The molecular formula is C17H23N5O. The van der Waals surface area contributed by atoms with E-state index in [4.69, 9.17) is 0 Å². The minimum Gasteiger partial charge on any atom is -0.378 e. The van der Waals surface area contributed by atoms with Crippen LogP contribution >= 0.6 is 0 Å². The van der Waals surface area contributed by atoms with Gasteiger partial charge in [0.25, 0.3) is 5.91 Å². The highest BCUT2D eigenvalue weighted by Crippen LogP contribution is 2.08. The van der Waals surface area contributed by atoms with Gasteiger partial charge in [-0.2, -0.15) is 0 Å². The Balaban J connectivity index is 1.78. The summed E-state index contributed by atoms with van der Waals surface area (Å²) in [4.78, 5) is 22.5. The highest BCUT2D eigenvalue weighted by molar-refractivity contribution is 5.92. The van der Waals surface area contributed by atoms with Crippen LogP contribution in [0.1, 0.15) is 22.6 Å². The van der Waals surface area contributed by atoms with Gasteiger partial charge >= 0.3 is 0 Å². The van der Waals surface area contributed by atoms with Gasteiger partial charge in [0.15, 0.2) is 0 Å². The van der Waals surface area contributed by atoms with Gasteiger partial charge in [-0.1, -0.05) is 6.07 Å². The van der Waals surface area contributed by atoms with Gasteiger partial charge in [-0.25, -0.2) is 4.98 Å². The van der Waals surface area contributed by atoms with E-state index in [0.29, 0.717) is 18.8 Å². The van der Waals surface area contributed by atoms with E-state index in [2.05, 4.69) is 25.5 Å². The predicted octanol–water partition coefficient (Wildman–Crippen LogP) is 1.77. The molecule has 0 unspecified atom stereocenters. The van der Waals surface area contributed by atoms with E-state index < -0.39 is 0 Å². The van der Waals surface area contributed by atoms with Crippen molar-refractivity contribution in [1.29, 1.82) is 0 Å². The fraction of sp³-hybridized carbons (Fsp3) is 0.353. The second-order valence-electron chi connectivity index (χ2n) is 5.52. The SMILES string of the molecule is CN(C)CCCNC(=O)c1ccc(NCc2ccccn2)cn1. The number of hydrogen-bond donors (Lipinski definition) is 2. The number of carbonyl (C=O) groups excluding carboxylic acids is 1. The Kier molecular flexibility index (Phi) is 6.50. The summed E-state index contributed by atoms with van der Waals surface area (Å²) >= 11 is 0. The largest absolute Gasteiger partial charge is 0.378 e. The van der Waals surface area contributed by atoms with Crippen LogP contribution in [0.2, 0.25) is 0 Å². The van der Waals surface area contributed by atoms with Crippen LogP contribution in [-0.2, 0) is 6.54 Å². The molecule has 0 saturated heterocycles. The molecular weight excluding hydrogens is 290 g/mol. The predicted molar refractivity (Wildman–Crippen MR) is 91.3 cm³/mol. The van der Waals surface area contributed by atoms with E-state index >= 15 is 0 Å². The molecule has 0 spiro atoms. The lowest BCUT2D eigenvalue weighted by Crippen LogP contribution is -2.27. The second kappa shape index (κ2) is 8.85. The number of carbonyl (C=O) groups is 1. The Labute approximate surface area is 137 Å². The Bertz CT molecular complexity index is 598. The molecule has 0 fully saturated rings. The summed E-state index contributed by atoms with van der Waals surface area (Å²) < 4.78 is 0. The standard InChI is InChI=1S/C17H23N5O/c1-22(2)11-5-10-19-17(23)16-8-7-15(13-21-16)20-12-14-6-3-4-9-18-14/h3-4,6-9,13,20H,5,10-12H2,1-2H3,(H,19,23). The number of nitrogens with one attached hydrogen (secondary N) is 2. The maximum atomic E-state index is 12.0. The average Bonchev–Trinajstić information content (AvgIpc) is 2.58. The van der Waals surface area contributed by atoms with Crippen molar-refractivity contribution < 1.29 is 4.79 Å². The van der Waals surface area contributed by atoms with Crippen LogP contribution in [-0.4, -0.2) is 48.0 Å². The molecule has 0 radical (unpaired) electrons. The zero-order valence-electron chi connectivity index (χ0n) is 13.6. The van der Waals surface area contributed by atoms with Crippen LogP contribution in [0.3, 0.4) is 0 Å². The lowest BCUT2D eigenvalue weighted by Gasteiger charge is -2.10. The van der Waals surface area contributed by atoms with Gasteiger partial charge in [0.2, 0.25) is 0 Å². The monoisotopic (exact) mass is 313 g/mol. The quantitative estimate of drug-likeness (QED) is 0.727. The molecule has 6 heteroatoms. The first-order valence-electron chi connectivity index (χ1n) is 7.68. The number of hydrogen-bond acceptors (Lipinski definition) is 5. The van der Waals surface area contributed by atoms with Gasteiger partial charge in [0.1, 0.15) is 5.69 Å². The Morgan fingerprint density at radius 2 is 2.04 bits per heavy atom. The summed E-state index contributed by atoms with van der Waals surface area (Å²) in [6, 6.07) is 9.37. The number of anilines is 1. The Morgan fingerprint density at radius 3 is 2.70 bits per heavy atom. The van der Waals surface area contributed by atoms with Crippen LogP contribution < -0.4 is 10.6 Å². The molecule has 0 aliphatic carbocycles. The molecule has 2 aromatic heterocycles. The zero-order chi connectivity index (χ0) is 16.5. The van der Waals surface area contributed by atoms with Crippen LogP contribution in [0.25, 0.3) is 0 Å². The molecule has 0 aromatic carbocycles. The minimum atomic E-state index is -0.139. The van der Waals surface area contributed by atoms with Crippen molar-refractivity contribution in [1.82, 2.24) is 20.2 Å². The van der Waals surface area contributed by atoms with Crippen LogP contribution in [0.4, 0.5) is 5.69 Å². The maximum absolute atomic E-state index is 12.0. The van der Waals surface area contributed by atoms with Gasteiger partial charge < -0.3 is 15.5 Å². The highest BCUT2D eigenvalue weighted by Gasteiger charge is 2.06. The third-order valence-electron chi connectivity index (χ3n) is 3.26. The molecule has 2 N–H and O–H groups in total. The molecule has 0 atom stereocenters. The molecule has 23 heavy (non-hydrogen) atoms. The number of aromatic nitrogens is 2. The van der Waals surface area contributed by atoms with Crippen molar-refractivity contribution >= 4 is 11.6 Å². The summed E-state index contributed by atoms with van der Waals surface area (Å²) in [6.45, 7) is 2.22. The molecule has 122 valence electrons. The highest BCUT2D eigenvalue weighted by atomic mass is 16.1. The van der Waals surface area contributed by atoms with Crippen molar-refractivity contribution in [2.45, 2.75) is 13.0 Å². The average molecular weight is 313 g/mol. The Hall–Kier alpha value is -2.47. The zero-order valence-corrected chi connectivity index (χ0v) is 13.6. The molecule has 2 aromatic rings. The van der Waals surface area contributed by atoms with Crippen LogP contribution in [0.15, 0.2) is 42.7 Å². The Morgan fingerprint density at radius 1 is 1.17 bits per heavy atom. The molecule has 0 aliphatic heterocycles. The van der Waals surface area contributed by atoms with Crippen LogP contribution in [0, 0.1) is 0 Å². The lowest BCUT2D eigenvalue weighted by atomic mass is 10.3. The summed E-state index contributed by atoms with van der Waals surface area (Å²) in [5.74, 6) is -0.139. The first-order chi connectivity index (χ1) is 11.1. The summed E-state index contributed by atoms with van der Waals surface area (Å²) in [7, 11) is 4.03. The third-order valence-corrected chi connectivity index (χ3v) is 3.26. The van der Waals surface area contributed by atoms with Gasteiger partial charge in [0.05, 0.1) is 24.1 Å². The van der Waals surface area contributed by atoms with Crippen LogP contribution in [0.5, 0.6) is 0 Å². The fourth-order valence-electron chi connectivity index (χ4n) is 2.02.